The third-order valence-corrected chi connectivity index (χ3v) is 7.00. The molecule has 0 saturated heterocycles. The zero-order valence-corrected chi connectivity index (χ0v) is 20.6. The summed E-state index contributed by atoms with van der Waals surface area (Å²) < 4.78 is 26.4. The highest BCUT2D eigenvalue weighted by Gasteiger charge is 2.42. The fourth-order valence-corrected chi connectivity index (χ4v) is 5.47. The Kier molecular flexibility index (Phi) is 14.1. The smallest absolute Gasteiger partial charge is 0.205 e. The van der Waals surface area contributed by atoms with Crippen LogP contribution in [-0.2, 0) is 8.95 Å². The SMILES string of the molecule is CCCC/C=C\CC1C(O)CC(OP)[C@@H]1CCC(O[Si](C)C)C(F)CCCC. The number of hydrogen-bond acceptors (Lipinski definition) is 3. The van der Waals surface area contributed by atoms with Crippen LogP contribution in [0.25, 0.3) is 0 Å². The van der Waals surface area contributed by atoms with Gasteiger partial charge in [0.05, 0.1) is 18.3 Å². The van der Waals surface area contributed by atoms with E-state index in [1.807, 2.05) is 0 Å². The molecule has 1 aliphatic rings. The van der Waals surface area contributed by atoms with E-state index in [0.717, 1.165) is 32.1 Å². The molecule has 1 aliphatic carbocycles. The molecule has 0 spiro atoms. The van der Waals surface area contributed by atoms with Crippen LogP contribution in [0.4, 0.5) is 4.39 Å². The maximum Gasteiger partial charge on any atom is 0.205 e. The number of aliphatic hydroxyl groups is 1. The van der Waals surface area contributed by atoms with Crippen molar-refractivity contribution in [3.63, 3.8) is 0 Å². The van der Waals surface area contributed by atoms with E-state index in [0.29, 0.717) is 19.3 Å². The Hall–Kier alpha value is 0.197. The highest BCUT2D eigenvalue weighted by Crippen LogP contribution is 2.41. The number of unbranched alkanes of at least 4 members (excludes halogenated alkanes) is 3. The van der Waals surface area contributed by atoms with E-state index in [1.54, 1.807) is 0 Å². The number of aliphatic hydroxyl groups excluding tert-OH is 1. The fraction of sp³-hybridized carbons (Fsp3) is 0.909. The lowest BCUT2D eigenvalue weighted by Gasteiger charge is -2.28. The zero-order chi connectivity index (χ0) is 20.9. The van der Waals surface area contributed by atoms with Gasteiger partial charge in [-0.2, -0.15) is 0 Å². The molecule has 165 valence electrons. The van der Waals surface area contributed by atoms with Crippen molar-refractivity contribution in [1.29, 1.82) is 0 Å². The number of halogens is 1. The van der Waals surface area contributed by atoms with Crippen LogP contribution in [-0.4, -0.2) is 38.6 Å². The Morgan fingerprint density at radius 1 is 1.14 bits per heavy atom. The molecule has 28 heavy (non-hydrogen) atoms. The van der Waals surface area contributed by atoms with Crippen LogP contribution in [0.15, 0.2) is 12.2 Å². The molecule has 6 unspecified atom stereocenters. The van der Waals surface area contributed by atoms with E-state index in [-0.39, 0.29) is 30.1 Å². The van der Waals surface area contributed by atoms with Crippen molar-refractivity contribution < 1.29 is 18.4 Å². The molecule has 0 heterocycles. The first-order chi connectivity index (χ1) is 13.4. The van der Waals surface area contributed by atoms with E-state index in [9.17, 15) is 9.50 Å². The molecule has 1 fully saturated rings. The molecule has 6 heteroatoms. The largest absolute Gasteiger partial charge is 0.411 e. The van der Waals surface area contributed by atoms with Crippen LogP contribution in [0, 0.1) is 11.8 Å². The summed E-state index contributed by atoms with van der Waals surface area (Å²) in [6, 6.07) is 0. The van der Waals surface area contributed by atoms with Crippen LogP contribution < -0.4 is 0 Å². The monoisotopic (exact) mass is 433 g/mol. The summed E-state index contributed by atoms with van der Waals surface area (Å²) in [5.74, 6) is 0.433. The number of alkyl halides is 1. The summed E-state index contributed by atoms with van der Waals surface area (Å²) in [5, 5.41) is 10.6. The van der Waals surface area contributed by atoms with E-state index in [4.69, 9.17) is 8.95 Å². The van der Waals surface area contributed by atoms with Crippen molar-refractivity contribution in [3.8, 4) is 0 Å². The average Bonchev–Trinajstić information content (AvgIpc) is 2.97. The molecular formula is C22H43FO3PSi. The molecule has 1 radical (unpaired) electrons. The third kappa shape index (κ3) is 9.34. The number of rotatable bonds is 15. The first kappa shape index (κ1) is 26.2. The summed E-state index contributed by atoms with van der Waals surface area (Å²) in [6.45, 7) is 8.43. The Morgan fingerprint density at radius 3 is 2.46 bits per heavy atom. The molecule has 0 aromatic heterocycles. The molecule has 0 aliphatic heterocycles. The predicted octanol–water partition coefficient (Wildman–Crippen LogP) is 6.24. The second kappa shape index (κ2) is 15.1. The van der Waals surface area contributed by atoms with E-state index < -0.39 is 15.2 Å². The minimum Gasteiger partial charge on any atom is -0.411 e. The van der Waals surface area contributed by atoms with Gasteiger partial charge in [-0.15, -0.1) is 0 Å². The summed E-state index contributed by atoms with van der Waals surface area (Å²) >= 11 is 0. The number of hydrogen-bond donors (Lipinski definition) is 1. The van der Waals surface area contributed by atoms with Crippen LogP contribution in [0.2, 0.25) is 13.1 Å². The van der Waals surface area contributed by atoms with Crippen molar-refractivity contribution in [2.45, 2.75) is 116 Å². The van der Waals surface area contributed by atoms with Gasteiger partial charge in [-0.25, -0.2) is 4.39 Å². The van der Waals surface area contributed by atoms with Crippen molar-refractivity contribution >= 4 is 18.5 Å². The molecule has 0 bridgehead atoms. The lowest BCUT2D eigenvalue weighted by molar-refractivity contribution is 0.0645. The second-order valence-corrected chi connectivity index (χ2v) is 10.8. The van der Waals surface area contributed by atoms with E-state index in [1.165, 1.54) is 12.8 Å². The van der Waals surface area contributed by atoms with Gasteiger partial charge in [-0.1, -0.05) is 51.7 Å². The van der Waals surface area contributed by atoms with Gasteiger partial charge < -0.3 is 14.1 Å². The highest BCUT2D eigenvalue weighted by atomic mass is 31.0. The summed E-state index contributed by atoms with van der Waals surface area (Å²) in [7, 11) is 1.42. The molecule has 1 N–H and O–H groups in total. The Bertz CT molecular complexity index is 425. The van der Waals surface area contributed by atoms with Crippen LogP contribution in [0.5, 0.6) is 0 Å². The topological polar surface area (TPSA) is 38.7 Å². The molecule has 0 aromatic carbocycles. The van der Waals surface area contributed by atoms with Crippen LogP contribution >= 0.6 is 9.47 Å². The Morgan fingerprint density at radius 2 is 1.86 bits per heavy atom. The first-order valence-corrected chi connectivity index (χ1v) is 14.1. The Labute approximate surface area is 176 Å². The summed E-state index contributed by atoms with van der Waals surface area (Å²) in [6.07, 6.45) is 12.0. The third-order valence-electron chi connectivity index (χ3n) is 5.88. The van der Waals surface area contributed by atoms with Crippen molar-refractivity contribution in [3.05, 3.63) is 12.2 Å². The maximum atomic E-state index is 14.8. The normalized spacial score (nSPS) is 27.7. The summed E-state index contributed by atoms with van der Waals surface area (Å²) in [5.41, 5.74) is 0. The van der Waals surface area contributed by atoms with Crippen molar-refractivity contribution in [2.24, 2.45) is 11.8 Å². The maximum absolute atomic E-state index is 14.8. The standard InChI is InChI=1S/C22H43FO3PSi/c1-5-7-9-10-11-12-17-18(22(25-27)16-20(17)24)14-15-21(26-28(3)4)19(23)13-8-6-2/h10-11,17-22,24H,5-9,12-16,27H2,1-4H3/b11-10-/t17?,18-,19?,20?,21?,22?/m1/s1. The molecule has 1 saturated carbocycles. The van der Waals surface area contributed by atoms with Gasteiger partial charge in [0.1, 0.15) is 6.17 Å². The van der Waals surface area contributed by atoms with Gasteiger partial charge in [0.2, 0.25) is 9.04 Å². The lowest BCUT2D eigenvalue weighted by Crippen LogP contribution is -2.32. The molecule has 7 atom stereocenters. The first-order valence-electron chi connectivity index (χ1n) is 11.2. The van der Waals surface area contributed by atoms with Gasteiger partial charge in [0.25, 0.3) is 0 Å². The summed E-state index contributed by atoms with van der Waals surface area (Å²) in [4.78, 5) is 0. The quantitative estimate of drug-likeness (QED) is 0.144. The molecule has 0 aromatic rings. The van der Waals surface area contributed by atoms with Crippen LogP contribution in [0.1, 0.15) is 78.1 Å². The minimum atomic E-state index is -0.949. The van der Waals surface area contributed by atoms with E-state index in [2.05, 4.69) is 48.6 Å². The number of allylic oxidation sites excluding steroid dienone is 2. The van der Waals surface area contributed by atoms with Gasteiger partial charge in [-0.3, -0.25) is 0 Å². The minimum absolute atomic E-state index is 0.0245. The van der Waals surface area contributed by atoms with Crippen molar-refractivity contribution in [2.75, 3.05) is 0 Å². The zero-order valence-electron chi connectivity index (χ0n) is 18.4. The molecule has 3 nitrogen and oxygen atoms in total. The van der Waals surface area contributed by atoms with Gasteiger partial charge >= 0.3 is 0 Å². The van der Waals surface area contributed by atoms with E-state index >= 15 is 0 Å². The fourth-order valence-electron chi connectivity index (χ4n) is 4.29. The van der Waals surface area contributed by atoms with Crippen molar-refractivity contribution in [1.82, 2.24) is 0 Å². The highest BCUT2D eigenvalue weighted by molar-refractivity contribution is 7.09. The van der Waals surface area contributed by atoms with Gasteiger partial charge in [-0.05, 0) is 57.0 Å². The van der Waals surface area contributed by atoms with Crippen LogP contribution in [0.3, 0.4) is 0 Å². The van der Waals surface area contributed by atoms with Gasteiger partial charge in [0, 0.05) is 15.9 Å². The molecule has 0 amide bonds. The van der Waals surface area contributed by atoms with Gasteiger partial charge in [0.15, 0.2) is 0 Å². The average molecular weight is 434 g/mol. The lowest BCUT2D eigenvalue weighted by atomic mass is 9.85. The second-order valence-electron chi connectivity index (χ2n) is 8.45. The molecule has 1 rings (SSSR count). The predicted molar refractivity (Wildman–Crippen MR) is 121 cm³/mol. The molecular weight excluding hydrogens is 390 g/mol. The Balaban J connectivity index is 2.70.